The normalized spacial score (nSPS) is 15.9. The van der Waals surface area contributed by atoms with Crippen LogP contribution in [0.5, 0.6) is 0 Å². The lowest BCUT2D eigenvalue weighted by atomic mass is 9.91. The minimum absolute atomic E-state index is 0.239. The lowest BCUT2D eigenvalue weighted by molar-refractivity contribution is 0.282. The van der Waals surface area contributed by atoms with Crippen LogP contribution in [0.15, 0.2) is 12.3 Å². The standard InChI is InChI=1S/C12H19N3O/c1-10-8-12(14-13-9-10)15(6-3-7-16)11-4-2-5-11/h8-9,11,16H,2-7H2,1H3. The van der Waals surface area contributed by atoms with Gasteiger partial charge in [-0.25, -0.2) is 0 Å². The van der Waals surface area contributed by atoms with E-state index in [0.717, 1.165) is 24.3 Å². The van der Waals surface area contributed by atoms with Gasteiger partial charge in [0.15, 0.2) is 5.82 Å². The largest absolute Gasteiger partial charge is 0.396 e. The number of aryl methyl sites for hydroxylation is 1. The number of anilines is 1. The van der Waals surface area contributed by atoms with Crippen LogP contribution in [0.3, 0.4) is 0 Å². The van der Waals surface area contributed by atoms with Crippen LogP contribution in [-0.2, 0) is 0 Å². The third-order valence-electron chi connectivity index (χ3n) is 3.15. The maximum atomic E-state index is 8.93. The first-order valence-corrected chi connectivity index (χ1v) is 5.98. The van der Waals surface area contributed by atoms with Crippen molar-refractivity contribution in [3.8, 4) is 0 Å². The Labute approximate surface area is 96.3 Å². The van der Waals surface area contributed by atoms with Crippen molar-refractivity contribution in [3.05, 3.63) is 17.8 Å². The maximum absolute atomic E-state index is 8.93. The fourth-order valence-corrected chi connectivity index (χ4v) is 2.01. The molecule has 0 amide bonds. The second-order valence-electron chi connectivity index (χ2n) is 4.45. The second kappa shape index (κ2) is 5.25. The summed E-state index contributed by atoms with van der Waals surface area (Å²) in [5.41, 5.74) is 1.14. The molecule has 0 unspecified atom stereocenters. The molecule has 1 heterocycles. The summed E-state index contributed by atoms with van der Waals surface area (Å²) in [4.78, 5) is 2.29. The third-order valence-corrected chi connectivity index (χ3v) is 3.15. The molecule has 1 aliphatic rings. The molecule has 0 bridgehead atoms. The van der Waals surface area contributed by atoms with E-state index in [1.54, 1.807) is 6.20 Å². The van der Waals surface area contributed by atoms with Gasteiger partial charge >= 0.3 is 0 Å². The van der Waals surface area contributed by atoms with Gasteiger partial charge < -0.3 is 10.0 Å². The third kappa shape index (κ3) is 2.50. The number of aromatic nitrogens is 2. The van der Waals surface area contributed by atoms with Crippen LogP contribution < -0.4 is 4.90 Å². The first kappa shape index (κ1) is 11.3. The Morgan fingerprint density at radius 2 is 2.31 bits per heavy atom. The molecule has 88 valence electrons. The van der Waals surface area contributed by atoms with E-state index in [0.29, 0.717) is 6.04 Å². The van der Waals surface area contributed by atoms with Gasteiger partial charge in [-0.05, 0) is 44.2 Å². The summed E-state index contributed by atoms with van der Waals surface area (Å²) in [5, 5.41) is 17.1. The summed E-state index contributed by atoms with van der Waals surface area (Å²) >= 11 is 0. The van der Waals surface area contributed by atoms with Crippen molar-refractivity contribution in [3.63, 3.8) is 0 Å². The van der Waals surface area contributed by atoms with Crippen molar-refractivity contribution in [1.82, 2.24) is 10.2 Å². The zero-order chi connectivity index (χ0) is 11.4. The van der Waals surface area contributed by atoms with Crippen molar-refractivity contribution in [2.45, 2.75) is 38.6 Å². The molecule has 0 spiro atoms. The molecule has 1 fully saturated rings. The van der Waals surface area contributed by atoms with Gasteiger partial charge in [0.25, 0.3) is 0 Å². The Morgan fingerprint density at radius 1 is 1.50 bits per heavy atom. The zero-order valence-corrected chi connectivity index (χ0v) is 9.76. The lowest BCUT2D eigenvalue weighted by Gasteiger charge is -2.38. The molecule has 1 aliphatic carbocycles. The van der Waals surface area contributed by atoms with Crippen molar-refractivity contribution in [2.75, 3.05) is 18.1 Å². The number of hydrogen-bond acceptors (Lipinski definition) is 4. The molecule has 2 rings (SSSR count). The van der Waals surface area contributed by atoms with Crippen LogP contribution in [0.2, 0.25) is 0 Å². The van der Waals surface area contributed by atoms with E-state index >= 15 is 0 Å². The van der Waals surface area contributed by atoms with E-state index in [4.69, 9.17) is 5.11 Å². The topological polar surface area (TPSA) is 49.2 Å². The lowest BCUT2D eigenvalue weighted by Crippen LogP contribution is -2.41. The molecule has 16 heavy (non-hydrogen) atoms. The highest BCUT2D eigenvalue weighted by molar-refractivity contribution is 5.41. The van der Waals surface area contributed by atoms with Crippen molar-refractivity contribution in [1.29, 1.82) is 0 Å². The zero-order valence-electron chi connectivity index (χ0n) is 9.76. The Balaban J connectivity index is 2.10. The highest BCUT2D eigenvalue weighted by atomic mass is 16.3. The summed E-state index contributed by atoms with van der Waals surface area (Å²) in [6.45, 7) is 3.14. The average molecular weight is 221 g/mol. The van der Waals surface area contributed by atoms with Crippen molar-refractivity contribution >= 4 is 5.82 Å². The van der Waals surface area contributed by atoms with Crippen molar-refractivity contribution in [2.24, 2.45) is 0 Å². The molecule has 0 atom stereocenters. The van der Waals surface area contributed by atoms with Gasteiger partial charge in [-0.15, -0.1) is 5.10 Å². The van der Waals surface area contributed by atoms with E-state index in [9.17, 15) is 0 Å². The summed E-state index contributed by atoms with van der Waals surface area (Å²) in [6.07, 6.45) is 6.35. The monoisotopic (exact) mass is 221 g/mol. The van der Waals surface area contributed by atoms with Gasteiger partial charge in [-0.1, -0.05) is 0 Å². The van der Waals surface area contributed by atoms with Crippen LogP contribution in [0.1, 0.15) is 31.2 Å². The number of aliphatic hydroxyl groups excluding tert-OH is 1. The molecule has 1 aromatic heterocycles. The fraction of sp³-hybridized carbons (Fsp3) is 0.667. The molecule has 4 nitrogen and oxygen atoms in total. The molecule has 0 saturated heterocycles. The van der Waals surface area contributed by atoms with E-state index in [1.165, 1.54) is 19.3 Å². The van der Waals surface area contributed by atoms with Gasteiger partial charge in [0.2, 0.25) is 0 Å². The van der Waals surface area contributed by atoms with Crippen LogP contribution in [0.25, 0.3) is 0 Å². The second-order valence-corrected chi connectivity index (χ2v) is 4.45. The molecule has 1 N–H and O–H groups in total. The predicted octanol–water partition coefficient (Wildman–Crippen LogP) is 1.53. The molecule has 0 aromatic carbocycles. The molecule has 1 aromatic rings. The first-order valence-electron chi connectivity index (χ1n) is 5.98. The molecular weight excluding hydrogens is 202 g/mol. The fourth-order valence-electron chi connectivity index (χ4n) is 2.01. The van der Waals surface area contributed by atoms with Crippen LogP contribution >= 0.6 is 0 Å². The smallest absolute Gasteiger partial charge is 0.151 e. The number of aliphatic hydroxyl groups is 1. The van der Waals surface area contributed by atoms with E-state index in [-0.39, 0.29) is 6.61 Å². The highest BCUT2D eigenvalue weighted by Gasteiger charge is 2.25. The van der Waals surface area contributed by atoms with Crippen molar-refractivity contribution < 1.29 is 5.11 Å². The Hall–Kier alpha value is -1.16. The van der Waals surface area contributed by atoms with Gasteiger partial charge in [-0.2, -0.15) is 5.10 Å². The van der Waals surface area contributed by atoms with Gasteiger partial charge in [0, 0.05) is 19.2 Å². The summed E-state index contributed by atoms with van der Waals surface area (Å²) in [5.74, 6) is 0.957. The molecule has 0 radical (unpaired) electrons. The predicted molar refractivity (Wildman–Crippen MR) is 63.5 cm³/mol. The minimum Gasteiger partial charge on any atom is -0.396 e. The number of hydrogen-bond donors (Lipinski definition) is 1. The number of nitrogens with zero attached hydrogens (tertiary/aromatic N) is 3. The highest BCUT2D eigenvalue weighted by Crippen LogP contribution is 2.28. The van der Waals surface area contributed by atoms with Crippen LogP contribution in [-0.4, -0.2) is 34.5 Å². The summed E-state index contributed by atoms with van der Waals surface area (Å²) in [7, 11) is 0. The minimum atomic E-state index is 0.239. The van der Waals surface area contributed by atoms with Gasteiger partial charge in [0.05, 0.1) is 6.20 Å². The maximum Gasteiger partial charge on any atom is 0.151 e. The number of rotatable bonds is 5. The Kier molecular flexibility index (Phi) is 3.72. The molecule has 1 saturated carbocycles. The Bertz CT molecular complexity index is 339. The molecule has 4 heteroatoms. The SMILES string of the molecule is Cc1cnnc(N(CCCO)C2CCC2)c1. The summed E-state index contributed by atoms with van der Waals surface area (Å²) < 4.78 is 0. The van der Waals surface area contributed by atoms with E-state index < -0.39 is 0 Å². The molecule has 0 aliphatic heterocycles. The summed E-state index contributed by atoms with van der Waals surface area (Å²) in [6, 6.07) is 2.67. The first-order chi connectivity index (χ1) is 7.81. The van der Waals surface area contributed by atoms with Gasteiger partial charge in [0.1, 0.15) is 0 Å². The van der Waals surface area contributed by atoms with Gasteiger partial charge in [-0.3, -0.25) is 0 Å². The van der Waals surface area contributed by atoms with E-state index in [1.807, 2.05) is 6.92 Å². The average Bonchev–Trinajstić information content (AvgIpc) is 2.21. The van der Waals surface area contributed by atoms with Crippen LogP contribution in [0.4, 0.5) is 5.82 Å². The quantitative estimate of drug-likeness (QED) is 0.819. The Morgan fingerprint density at radius 3 is 2.88 bits per heavy atom. The molecular formula is C12H19N3O. The van der Waals surface area contributed by atoms with Crippen LogP contribution in [0, 0.1) is 6.92 Å². The van der Waals surface area contributed by atoms with E-state index in [2.05, 4.69) is 21.2 Å².